The van der Waals surface area contributed by atoms with Gasteiger partial charge in [-0.25, -0.2) is 0 Å². The van der Waals surface area contributed by atoms with Crippen molar-refractivity contribution in [3.63, 3.8) is 0 Å². The fourth-order valence-electron chi connectivity index (χ4n) is 1.60. The Kier molecular flexibility index (Phi) is 3.22. The second-order valence-corrected chi connectivity index (χ2v) is 4.18. The fraction of sp³-hybridized carbons (Fsp3) is 0.154. The van der Waals surface area contributed by atoms with Crippen LogP contribution in [0.5, 0.6) is 0 Å². The van der Waals surface area contributed by atoms with E-state index in [-0.39, 0.29) is 6.04 Å². The van der Waals surface area contributed by atoms with Crippen molar-refractivity contribution in [1.29, 1.82) is 0 Å². The monoisotopic (exact) mass is 232 g/mol. The fourth-order valence-corrected chi connectivity index (χ4v) is 1.83. The molecule has 1 unspecified atom stereocenters. The lowest BCUT2D eigenvalue weighted by Crippen LogP contribution is -2.04. The molecule has 0 aliphatic heterocycles. The van der Waals surface area contributed by atoms with Gasteiger partial charge in [0.2, 0.25) is 0 Å². The maximum Gasteiger partial charge on any atom is 0.0667 e. The molecule has 2 nitrogen and oxygen atoms in total. The molecule has 0 spiro atoms. The quantitative estimate of drug-likeness (QED) is 0.862. The number of pyridine rings is 1. The summed E-state index contributed by atoms with van der Waals surface area (Å²) in [4.78, 5) is 3.97. The first-order chi connectivity index (χ1) is 7.68. The Hall–Kier alpha value is -1.38. The smallest absolute Gasteiger partial charge is 0.0667 e. The van der Waals surface area contributed by atoms with Gasteiger partial charge >= 0.3 is 0 Å². The first kappa shape index (κ1) is 11.1. The van der Waals surface area contributed by atoms with E-state index in [9.17, 15) is 0 Å². The van der Waals surface area contributed by atoms with Gasteiger partial charge in [-0.15, -0.1) is 0 Å². The summed E-state index contributed by atoms with van der Waals surface area (Å²) < 4.78 is 0. The van der Waals surface area contributed by atoms with E-state index in [1.165, 1.54) is 0 Å². The van der Waals surface area contributed by atoms with Crippen LogP contribution in [0.1, 0.15) is 18.5 Å². The maximum absolute atomic E-state index is 6.10. The molecule has 1 aromatic carbocycles. The van der Waals surface area contributed by atoms with Gasteiger partial charge in [0.25, 0.3) is 0 Å². The third kappa shape index (κ3) is 2.23. The van der Waals surface area contributed by atoms with Crippen molar-refractivity contribution >= 4 is 11.6 Å². The van der Waals surface area contributed by atoms with Gasteiger partial charge in [-0.3, -0.25) is 4.98 Å². The highest BCUT2D eigenvalue weighted by Gasteiger charge is 2.05. The molecule has 2 N–H and O–H groups in total. The number of halogens is 1. The Morgan fingerprint density at radius 1 is 1.31 bits per heavy atom. The van der Waals surface area contributed by atoms with Gasteiger partial charge in [-0.05, 0) is 30.2 Å². The van der Waals surface area contributed by atoms with Crippen molar-refractivity contribution in [3.05, 3.63) is 53.3 Å². The Balaban J connectivity index is 2.49. The van der Waals surface area contributed by atoms with Crippen molar-refractivity contribution in [3.8, 4) is 11.1 Å². The van der Waals surface area contributed by atoms with Crippen molar-refractivity contribution in [2.24, 2.45) is 5.73 Å². The molecule has 2 rings (SSSR count). The van der Waals surface area contributed by atoms with E-state index >= 15 is 0 Å². The molecule has 3 heteroatoms. The molecule has 1 heterocycles. The number of nitrogens with two attached hydrogens (primary N) is 1. The zero-order chi connectivity index (χ0) is 11.5. The molecule has 0 saturated carbocycles. The second-order valence-electron chi connectivity index (χ2n) is 3.77. The molecule has 0 saturated heterocycles. The van der Waals surface area contributed by atoms with Gasteiger partial charge in [-0.2, -0.15) is 0 Å². The average Bonchev–Trinajstić information content (AvgIpc) is 2.30. The lowest BCUT2D eigenvalue weighted by molar-refractivity contribution is 0.819. The normalized spacial score (nSPS) is 12.4. The summed E-state index contributed by atoms with van der Waals surface area (Å²) >= 11 is 6.10. The molecule has 2 aromatic rings. The highest BCUT2D eigenvalue weighted by Crippen LogP contribution is 2.28. The second kappa shape index (κ2) is 4.64. The lowest BCUT2D eigenvalue weighted by Gasteiger charge is -2.09. The summed E-state index contributed by atoms with van der Waals surface area (Å²) in [5.41, 5.74) is 9.01. The molecule has 0 amide bonds. The van der Waals surface area contributed by atoms with E-state index in [1.807, 2.05) is 31.2 Å². The van der Waals surface area contributed by atoms with Crippen LogP contribution < -0.4 is 5.73 Å². The van der Waals surface area contributed by atoms with E-state index in [0.29, 0.717) is 5.02 Å². The molecule has 82 valence electrons. The molecule has 0 radical (unpaired) electrons. The first-order valence-corrected chi connectivity index (χ1v) is 5.51. The van der Waals surface area contributed by atoms with Crippen molar-refractivity contribution in [2.75, 3.05) is 0 Å². The highest BCUT2D eigenvalue weighted by atomic mass is 35.5. The van der Waals surface area contributed by atoms with Gasteiger partial charge < -0.3 is 5.73 Å². The van der Waals surface area contributed by atoms with E-state index in [4.69, 9.17) is 17.3 Å². The minimum Gasteiger partial charge on any atom is -0.324 e. The van der Waals surface area contributed by atoms with Crippen LogP contribution in [-0.2, 0) is 0 Å². The topological polar surface area (TPSA) is 38.9 Å². The molecule has 0 aliphatic carbocycles. The third-order valence-corrected chi connectivity index (χ3v) is 2.80. The van der Waals surface area contributed by atoms with Crippen molar-refractivity contribution < 1.29 is 0 Å². The third-order valence-electron chi connectivity index (χ3n) is 2.50. The molecular weight excluding hydrogens is 220 g/mol. The lowest BCUT2D eigenvalue weighted by atomic mass is 10.0. The standard InChI is InChI=1S/C13H13ClN2/c1-9(15)10-3-2-4-11(7-10)12-5-6-16-8-13(12)14/h2-9H,15H2,1H3. The molecule has 0 fully saturated rings. The number of nitrogens with zero attached hydrogens (tertiary/aromatic N) is 1. The predicted molar refractivity (Wildman–Crippen MR) is 67.3 cm³/mol. The molecule has 0 aliphatic rings. The van der Waals surface area contributed by atoms with Gasteiger partial charge in [0.05, 0.1) is 5.02 Å². The van der Waals surface area contributed by atoms with Crippen LogP contribution >= 0.6 is 11.6 Å². The highest BCUT2D eigenvalue weighted by molar-refractivity contribution is 6.33. The average molecular weight is 233 g/mol. The summed E-state index contributed by atoms with van der Waals surface area (Å²) in [5.74, 6) is 0. The van der Waals surface area contributed by atoms with E-state index in [1.54, 1.807) is 12.4 Å². The molecule has 1 aromatic heterocycles. The summed E-state index contributed by atoms with van der Waals surface area (Å²) in [6.45, 7) is 1.97. The minimum atomic E-state index is 0.0283. The summed E-state index contributed by atoms with van der Waals surface area (Å²) in [5, 5.41) is 0.657. The molecule has 1 atom stereocenters. The Morgan fingerprint density at radius 3 is 2.81 bits per heavy atom. The van der Waals surface area contributed by atoms with E-state index < -0.39 is 0 Å². The summed E-state index contributed by atoms with van der Waals surface area (Å²) in [7, 11) is 0. The van der Waals surface area contributed by atoms with Crippen molar-refractivity contribution in [2.45, 2.75) is 13.0 Å². The molecular formula is C13H13ClN2. The number of hydrogen-bond donors (Lipinski definition) is 1. The van der Waals surface area contributed by atoms with Gasteiger partial charge in [-0.1, -0.05) is 29.8 Å². The SMILES string of the molecule is CC(N)c1cccc(-c2ccncc2Cl)c1. The number of hydrogen-bond acceptors (Lipinski definition) is 2. The van der Waals surface area contributed by atoms with E-state index in [0.717, 1.165) is 16.7 Å². The maximum atomic E-state index is 6.10. The minimum absolute atomic E-state index is 0.0283. The Morgan fingerprint density at radius 2 is 2.12 bits per heavy atom. The number of aromatic nitrogens is 1. The molecule has 16 heavy (non-hydrogen) atoms. The van der Waals surface area contributed by atoms with E-state index in [2.05, 4.69) is 11.1 Å². The van der Waals surface area contributed by atoms with Crippen molar-refractivity contribution in [1.82, 2.24) is 4.98 Å². The predicted octanol–water partition coefficient (Wildman–Crippen LogP) is 3.42. The number of rotatable bonds is 2. The van der Waals surface area contributed by atoms with Crippen LogP contribution in [-0.4, -0.2) is 4.98 Å². The van der Waals surface area contributed by atoms with Crippen LogP contribution in [0.15, 0.2) is 42.7 Å². The largest absolute Gasteiger partial charge is 0.324 e. The van der Waals surface area contributed by atoms with Gasteiger partial charge in [0.15, 0.2) is 0 Å². The summed E-state index contributed by atoms with van der Waals surface area (Å²) in [6.07, 6.45) is 3.38. The first-order valence-electron chi connectivity index (χ1n) is 5.14. The Labute approximate surface area is 100 Å². The number of benzene rings is 1. The van der Waals surface area contributed by atoms with Crippen LogP contribution in [0.2, 0.25) is 5.02 Å². The van der Waals surface area contributed by atoms with Crippen LogP contribution in [0.25, 0.3) is 11.1 Å². The Bertz CT molecular complexity index is 495. The van der Waals surface area contributed by atoms with Crippen LogP contribution in [0.4, 0.5) is 0 Å². The zero-order valence-corrected chi connectivity index (χ0v) is 9.78. The van der Waals surface area contributed by atoms with Gasteiger partial charge in [0.1, 0.15) is 0 Å². The van der Waals surface area contributed by atoms with Crippen LogP contribution in [0.3, 0.4) is 0 Å². The van der Waals surface area contributed by atoms with Crippen LogP contribution in [0, 0.1) is 0 Å². The zero-order valence-electron chi connectivity index (χ0n) is 9.02. The summed E-state index contributed by atoms with van der Waals surface area (Å²) in [6, 6.07) is 10.0. The van der Waals surface area contributed by atoms with Gasteiger partial charge in [0, 0.05) is 24.0 Å². The molecule has 0 bridgehead atoms.